The minimum absolute atomic E-state index is 0.184. The van der Waals surface area contributed by atoms with Gasteiger partial charge in [-0.1, -0.05) is 37.3 Å². The van der Waals surface area contributed by atoms with E-state index in [4.69, 9.17) is 0 Å². The molecule has 86 valence electrons. The van der Waals surface area contributed by atoms with E-state index in [1.165, 1.54) is 6.92 Å². The Bertz CT molecular complexity index is 389. The number of carbonyl (C=O) groups is 2. The lowest BCUT2D eigenvalue weighted by Gasteiger charge is -2.21. The van der Waals surface area contributed by atoms with E-state index in [0.29, 0.717) is 5.56 Å². The molecule has 0 spiro atoms. The molecule has 3 nitrogen and oxygen atoms in total. The first kappa shape index (κ1) is 12.4. The summed E-state index contributed by atoms with van der Waals surface area (Å²) in [6, 6.07) is 8.30. The summed E-state index contributed by atoms with van der Waals surface area (Å²) >= 11 is 0. The first-order valence-corrected chi connectivity index (χ1v) is 4.99. The van der Waals surface area contributed by atoms with Gasteiger partial charge in [0.1, 0.15) is 5.41 Å². The van der Waals surface area contributed by atoms with E-state index in [2.05, 4.69) is 4.94 Å². The van der Waals surface area contributed by atoms with Crippen molar-refractivity contribution in [3.63, 3.8) is 0 Å². The van der Waals surface area contributed by atoms with Crippen molar-refractivity contribution in [3.05, 3.63) is 35.9 Å². The van der Waals surface area contributed by atoms with E-state index in [1.807, 2.05) is 0 Å². The Balaban J connectivity index is 3.07. The molecule has 0 bridgehead atoms. The standard InChI is InChI=1S/C12H13FO3/c1-3-12(2,11(15)16-13)10(14)9-7-5-4-6-8-9/h4-8H,3H2,1-2H3. The van der Waals surface area contributed by atoms with Gasteiger partial charge in [0, 0.05) is 10.1 Å². The van der Waals surface area contributed by atoms with Crippen LogP contribution in [0.4, 0.5) is 4.53 Å². The lowest BCUT2D eigenvalue weighted by Crippen LogP contribution is -2.36. The first-order valence-electron chi connectivity index (χ1n) is 4.99. The maximum atomic E-state index is 12.0. The molecular formula is C12H13FO3. The van der Waals surface area contributed by atoms with Gasteiger partial charge in [0.15, 0.2) is 5.78 Å². The minimum Gasteiger partial charge on any atom is -0.293 e. The summed E-state index contributed by atoms with van der Waals surface area (Å²) < 4.78 is 11.9. The molecule has 0 aliphatic rings. The zero-order valence-corrected chi connectivity index (χ0v) is 9.20. The third kappa shape index (κ3) is 2.10. The summed E-state index contributed by atoms with van der Waals surface area (Å²) in [6.07, 6.45) is 0.184. The summed E-state index contributed by atoms with van der Waals surface area (Å²) in [5.74, 6) is -1.58. The van der Waals surface area contributed by atoms with Crippen molar-refractivity contribution in [2.24, 2.45) is 5.41 Å². The highest BCUT2D eigenvalue weighted by Gasteiger charge is 2.42. The van der Waals surface area contributed by atoms with Gasteiger partial charge in [-0.2, -0.15) is 0 Å². The molecule has 0 N–H and O–H groups in total. The largest absolute Gasteiger partial charge is 0.362 e. The molecule has 4 heteroatoms. The van der Waals surface area contributed by atoms with Crippen LogP contribution in [0.1, 0.15) is 30.6 Å². The van der Waals surface area contributed by atoms with Gasteiger partial charge in [0.25, 0.3) is 0 Å². The van der Waals surface area contributed by atoms with Gasteiger partial charge in [-0.3, -0.25) is 9.74 Å². The molecule has 0 fully saturated rings. The molecule has 16 heavy (non-hydrogen) atoms. The molecular weight excluding hydrogens is 211 g/mol. The van der Waals surface area contributed by atoms with Gasteiger partial charge in [0.2, 0.25) is 0 Å². The third-order valence-electron chi connectivity index (χ3n) is 2.76. The number of hydrogen-bond acceptors (Lipinski definition) is 3. The van der Waals surface area contributed by atoms with E-state index >= 15 is 0 Å². The molecule has 1 unspecified atom stereocenters. The molecule has 0 saturated carbocycles. The normalized spacial score (nSPS) is 13.9. The lowest BCUT2D eigenvalue weighted by atomic mass is 9.80. The van der Waals surface area contributed by atoms with Crippen LogP contribution >= 0.6 is 0 Å². The van der Waals surface area contributed by atoms with Gasteiger partial charge >= 0.3 is 5.97 Å². The smallest absolute Gasteiger partial charge is 0.293 e. The molecule has 0 aromatic heterocycles. The van der Waals surface area contributed by atoms with Crippen LogP contribution in [0.25, 0.3) is 0 Å². The van der Waals surface area contributed by atoms with E-state index in [-0.39, 0.29) is 6.42 Å². The van der Waals surface area contributed by atoms with Crippen LogP contribution in [0.3, 0.4) is 0 Å². The van der Waals surface area contributed by atoms with Crippen LogP contribution in [0.2, 0.25) is 0 Å². The second-order valence-corrected chi connectivity index (χ2v) is 3.75. The molecule has 1 aromatic carbocycles. The van der Waals surface area contributed by atoms with Crippen LogP contribution in [0.15, 0.2) is 30.3 Å². The predicted molar refractivity (Wildman–Crippen MR) is 56.4 cm³/mol. The van der Waals surface area contributed by atoms with Crippen LogP contribution in [0.5, 0.6) is 0 Å². The van der Waals surface area contributed by atoms with Gasteiger partial charge < -0.3 is 0 Å². The zero-order valence-electron chi connectivity index (χ0n) is 9.20. The minimum atomic E-state index is -1.46. The van der Waals surface area contributed by atoms with Crippen molar-refractivity contribution in [2.75, 3.05) is 0 Å². The Kier molecular flexibility index (Phi) is 3.77. The Morgan fingerprint density at radius 2 is 1.88 bits per heavy atom. The number of benzene rings is 1. The van der Waals surface area contributed by atoms with E-state index in [1.54, 1.807) is 37.3 Å². The highest BCUT2D eigenvalue weighted by Crippen LogP contribution is 2.28. The summed E-state index contributed by atoms with van der Waals surface area (Å²) in [4.78, 5) is 26.5. The lowest BCUT2D eigenvalue weighted by molar-refractivity contribution is -0.192. The second kappa shape index (κ2) is 4.88. The molecule has 0 saturated heterocycles. The highest BCUT2D eigenvalue weighted by molar-refractivity contribution is 6.12. The van der Waals surface area contributed by atoms with Crippen LogP contribution < -0.4 is 0 Å². The van der Waals surface area contributed by atoms with Crippen molar-refractivity contribution in [2.45, 2.75) is 20.3 Å². The molecule has 1 atom stereocenters. The maximum Gasteiger partial charge on any atom is 0.362 e. The molecule has 0 aliphatic heterocycles. The first-order chi connectivity index (χ1) is 7.56. The van der Waals surface area contributed by atoms with Gasteiger partial charge in [0.05, 0.1) is 0 Å². The Hall–Kier alpha value is -1.71. The van der Waals surface area contributed by atoms with Gasteiger partial charge in [-0.15, -0.1) is 0 Å². The Morgan fingerprint density at radius 1 is 1.31 bits per heavy atom. The monoisotopic (exact) mass is 224 g/mol. The van der Waals surface area contributed by atoms with Crippen LogP contribution in [-0.4, -0.2) is 11.8 Å². The Morgan fingerprint density at radius 3 is 2.31 bits per heavy atom. The Labute approximate surface area is 93.1 Å². The highest BCUT2D eigenvalue weighted by atomic mass is 19.3. The van der Waals surface area contributed by atoms with E-state index in [9.17, 15) is 14.1 Å². The number of halogens is 1. The molecule has 0 radical (unpaired) electrons. The fourth-order valence-electron chi connectivity index (χ4n) is 1.39. The van der Waals surface area contributed by atoms with Crippen molar-refractivity contribution in [3.8, 4) is 0 Å². The number of hydrogen-bond donors (Lipinski definition) is 0. The van der Waals surface area contributed by atoms with Crippen molar-refractivity contribution in [1.29, 1.82) is 0 Å². The third-order valence-corrected chi connectivity index (χ3v) is 2.76. The maximum absolute atomic E-state index is 12.0. The zero-order chi connectivity index (χ0) is 12.2. The molecule has 1 aromatic rings. The summed E-state index contributed by atoms with van der Waals surface area (Å²) in [5, 5.41) is 0. The number of Topliss-reactive ketones (excluding diaryl/α,β-unsaturated/α-hetero) is 1. The molecule has 0 heterocycles. The SMILES string of the molecule is CCC(C)(C(=O)OF)C(=O)c1ccccc1. The van der Waals surface area contributed by atoms with Crippen molar-refractivity contribution >= 4 is 11.8 Å². The average molecular weight is 224 g/mol. The van der Waals surface area contributed by atoms with E-state index < -0.39 is 17.2 Å². The van der Waals surface area contributed by atoms with Crippen molar-refractivity contribution in [1.82, 2.24) is 0 Å². The van der Waals surface area contributed by atoms with Crippen LogP contribution in [-0.2, 0) is 9.74 Å². The van der Waals surface area contributed by atoms with Gasteiger partial charge in [-0.25, -0.2) is 4.79 Å². The number of carbonyl (C=O) groups excluding carboxylic acids is 2. The quantitative estimate of drug-likeness (QED) is 0.583. The molecule has 0 aliphatic carbocycles. The van der Waals surface area contributed by atoms with E-state index in [0.717, 1.165) is 0 Å². The predicted octanol–water partition coefficient (Wildman–Crippen LogP) is 2.71. The number of ketones is 1. The van der Waals surface area contributed by atoms with Gasteiger partial charge in [-0.05, 0) is 13.3 Å². The number of rotatable bonds is 4. The van der Waals surface area contributed by atoms with Crippen LogP contribution in [0, 0.1) is 5.41 Å². The summed E-state index contributed by atoms with van der Waals surface area (Å²) in [5.41, 5.74) is -1.09. The van der Waals surface area contributed by atoms with Crippen molar-refractivity contribution < 1.29 is 19.1 Å². The summed E-state index contributed by atoms with van der Waals surface area (Å²) in [6.45, 7) is 3.02. The topological polar surface area (TPSA) is 43.4 Å². The summed E-state index contributed by atoms with van der Waals surface area (Å²) in [7, 11) is 0. The fraction of sp³-hybridized carbons (Fsp3) is 0.333. The second-order valence-electron chi connectivity index (χ2n) is 3.75. The fourth-order valence-corrected chi connectivity index (χ4v) is 1.39. The average Bonchev–Trinajstić information content (AvgIpc) is 2.36. The molecule has 1 rings (SSSR count). The molecule has 0 amide bonds.